The molecule has 1 atom stereocenters. The highest BCUT2D eigenvalue weighted by Crippen LogP contribution is 2.27. The van der Waals surface area contributed by atoms with E-state index in [0.29, 0.717) is 18.5 Å². The van der Waals surface area contributed by atoms with Gasteiger partial charge in [0.05, 0.1) is 23.3 Å². The average molecular weight is 406 g/mol. The van der Waals surface area contributed by atoms with Crippen LogP contribution in [0.15, 0.2) is 27.9 Å². The molecule has 0 aromatic carbocycles. The van der Waals surface area contributed by atoms with Gasteiger partial charge in [-0.25, -0.2) is 9.98 Å². The third kappa shape index (κ3) is 5.77. The minimum absolute atomic E-state index is 0.420. The zero-order chi connectivity index (χ0) is 19.1. The topological polar surface area (TPSA) is 52.6 Å². The maximum atomic E-state index is 4.76. The van der Waals surface area contributed by atoms with Crippen molar-refractivity contribution in [1.29, 1.82) is 0 Å². The van der Waals surface area contributed by atoms with Crippen LogP contribution in [-0.2, 0) is 6.54 Å². The molecular formula is C20H31N5S2. The van der Waals surface area contributed by atoms with E-state index in [2.05, 4.69) is 59.2 Å². The molecule has 7 heteroatoms. The normalized spacial score (nSPS) is 16.8. The van der Waals surface area contributed by atoms with E-state index in [-0.39, 0.29) is 0 Å². The molecular weight excluding hydrogens is 374 g/mol. The van der Waals surface area contributed by atoms with Gasteiger partial charge < -0.3 is 10.6 Å². The molecule has 5 nitrogen and oxygen atoms in total. The molecule has 0 amide bonds. The second-order valence-corrected chi connectivity index (χ2v) is 9.05. The van der Waals surface area contributed by atoms with E-state index in [1.54, 1.807) is 11.3 Å². The lowest BCUT2D eigenvalue weighted by Crippen LogP contribution is -2.42. The van der Waals surface area contributed by atoms with E-state index in [0.717, 1.165) is 24.7 Å². The van der Waals surface area contributed by atoms with Crippen LogP contribution >= 0.6 is 22.7 Å². The Kier molecular flexibility index (Phi) is 7.67. The van der Waals surface area contributed by atoms with Crippen molar-refractivity contribution in [3.05, 3.63) is 38.5 Å². The number of aliphatic imine (C=N–C) groups is 1. The summed E-state index contributed by atoms with van der Waals surface area (Å²) < 4.78 is 0. The Morgan fingerprint density at radius 3 is 2.70 bits per heavy atom. The van der Waals surface area contributed by atoms with Crippen molar-refractivity contribution in [2.75, 3.05) is 26.2 Å². The van der Waals surface area contributed by atoms with Gasteiger partial charge in [-0.2, -0.15) is 0 Å². The van der Waals surface area contributed by atoms with Gasteiger partial charge in [0.25, 0.3) is 0 Å². The van der Waals surface area contributed by atoms with Crippen LogP contribution in [0.25, 0.3) is 0 Å². The summed E-state index contributed by atoms with van der Waals surface area (Å²) >= 11 is 3.58. The van der Waals surface area contributed by atoms with Crippen LogP contribution in [0.5, 0.6) is 0 Å². The Morgan fingerprint density at radius 2 is 2.07 bits per heavy atom. The molecule has 0 bridgehead atoms. The lowest BCUT2D eigenvalue weighted by molar-refractivity contribution is 0.249. The van der Waals surface area contributed by atoms with Crippen LogP contribution in [0.4, 0.5) is 0 Å². The van der Waals surface area contributed by atoms with Crippen LogP contribution in [0, 0.1) is 0 Å². The van der Waals surface area contributed by atoms with E-state index >= 15 is 0 Å². The van der Waals surface area contributed by atoms with Crippen molar-refractivity contribution in [3.8, 4) is 0 Å². The predicted octanol–water partition coefficient (Wildman–Crippen LogP) is 4.22. The summed E-state index contributed by atoms with van der Waals surface area (Å²) in [5, 5.41) is 12.4. The Hall–Kier alpha value is -1.44. The molecule has 2 aromatic rings. The molecule has 2 N–H and O–H groups in total. The number of nitrogens with one attached hydrogen (secondary N) is 2. The summed E-state index contributed by atoms with van der Waals surface area (Å²) in [5.74, 6) is 1.35. The van der Waals surface area contributed by atoms with Gasteiger partial charge in [-0.15, -0.1) is 22.7 Å². The summed E-state index contributed by atoms with van der Waals surface area (Å²) in [4.78, 5) is 13.5. The van der Waals surface area contributed by atoms with E-state index in [1.807, 2.05) is 11.3 Å². The molecule has 3 rings (SSSR count). The fourth-order valence-corrected chi connectivity index (χ4v) is 4.99. The van der Waals surface area contributed by atoms with Crippen molar-refractivity contribution in [3.63, 3.8) is 0 Å². The third-order valence-electron chi connectivity index (χ3n) is 4.72. The number of nitrogens with zero attached hydrogens (tertiary/aromatic N) is 3. The Balaban J connectivity index is 1.63. The summed E-state index contributed by atoms with van der Waals surface area (Å²) in [7, 11) is 0. The van der Waals surface area contributed by atoms with Crippen LogP contribution in [0.2, 0.25) is 0 Å². The highest BCUT2D eigenvalue weighted by Gasteiger charge is 2.24. The smallest absolute Gasteiger partial charge is 0.191 e. The van der Waals surface area contributed by atoms with E-state index in [1.165, 1.54) is 35.8 Å². The summed E-state index contributed by atoms with van der Waals surface area (Å²) in [5.41, 5.74) is 1.05. The molecule has 1 unspecified atom stereocenters. The fourth-order valence-electron chi connectivity index (χ4n) is 3.30. The molecule has 0 spiro atoms. The number of hydrogen-bond donors (Lipinski definition) is 2. The predicted molar refractivity (Wildman–Crippen MR) is 117 cm³/mol. The molecule has 1 saturated heterocycles. The van der Waals surface area contributed by atoms with Crippen molar-refractivity contribution in [2.45, 2.75) is 52.1 Å². The number of thiophene rings is 1. The summed E-state index contributed by atoms with van der Waals surface area (Å²) in [6.45, 7) is 11.2. The number of rotatable bonds is 8. The molecule has 2 aromatic heterocycles. The largest absolute Gasteiger partial charge is 0.357 e. The van der Waals surface area contributed by atoms with Crippen LogP contribution < -0.4 is 10.6 Å². The first-order valence-electron chi connectivity index (χ1n) is 9.91. The minimum Gasteiger partial charge on any atom is -0.357 e. The Bertz CT molecular complexity index is 702. The van der Waals surface area contributed by atoms with Gasteiger partial charge >= 0.3 is 0 Å². The van der Waals surface area contributed by atoms with Crippen molar-refractivity contribution in [1.82, 2.24) is 20.5 Å². The monoisotopic (exact) mass is 405 g/mol. The molecule has 1 aliphatic rings. The highest BCUT2D eigenvalue weighted by molar-refractivity contribution is 7.10. The Labute approximate surface area is 170 Å². The van der Waals surface area contributed by atoms with E-state index in [4.69, 9.17) is 9.98 Å². The molecule has 0 aliphatic carbocycles. The quantitative estimate of drug-likeness (QED) is 0.510. The lowest BCUT2D eigenvalue weighted by atomic mass is 10.2. The molecule has 1 aliphatic heterocycles. The minimum atomic E-state index is 0.420. The van der Waals surface area contributed by atoms with Crippen LogP contribution in [0.1, 0.15) is 61.2 Å². The maximum absolute atomic E-state index is 4.76. The number of aromatic nitrogens is 1. The molecule has 27 heavy (non-hydrogen) atoms. The standard InChI is InChI=1S/C20H31N5S2/c1-4-21-20(22-12-16-14-27-19(24-16)15(2)3)23-13-17(18-8-7-11-26-18)25-9-5-6-10-25/h7-8,11,14-15,17H,4-6,9-10,12-13H2,1-3H3,(H2,21,22,23). The first-order chi connectivity index (χ1) is 13.2. The van der Waals surface area contributed by atoms with Gasteiger partial charge in [-0.1, -0.05) is 19.9 Å². The second-order valence-electron chi connectivity index (χ2n) is 7.18. The van der Waals surface area contributed by atoms with Crippen molar-refractivity contribution in [2.24, 2.45) is 4.99 Å². The Morgan fingerprint density at radius 1 is 1.26 bits per heavy atom. The molecule has 148 valence electrons. The zero-order valence-corrected chi connectivity index (χ0v) is 18.2. The summed E-state index contributed by atoms with van der Waals surface area (Å²) in [6, 6.07) is 4.82. The molecule has 3 heterocycles. The zero-order valence-electron chi connectivity index (χ0n) is 16.6. The molecule has 1 fully saturated rings. The van der Waals surface area contributed by atoms with Gasteiger partial charge in [-0.3, -0.25) is 4.90 Å². The average Bonchev–Trinajstić information content (AvgIpc) is 3.42. The second kappa shape index (κ2) is 10.2. The molecule has 0 saturated carbocycles. The number of hydrogen-bond acceptors (Lipinski definition) is 5. The fraction of sp³-hybridized carbons (Fsp3) is 0.600. The van der Waals surface area contributed by atoms with Crippen molar-refractivity contribution < 1.29 is 0 Å². The van der Waals surface area contributed by atoms with Gasteiger partial charge in [0.1, 0.15) is 0 Å². The van der Waals surface area contributed by atoms with Crippen LogP contribution in [-0.4, -0.2) is 42.0 Å². The first kappa shape index (κ1) is 20.3. The van der Waals surface area contributed by atoms with E-state index in [9.17, 15) is 0 Å². The SMILES string of the molecule is CCNC(=NCc1csc(C(C)C)n1)NCC(c1cccs1)N1CCCC1. The number of thiazole rings is 1. The lowest BCUT2D eigenvalue weighted by Gasteiger charge is -2.27. The van der Waals surface area contributed by atoms with Gasteiger partial charge in [0.15, 0.2) is 5.96 Å². The van der Waals surface area contributed by atoms with Gasteiger partial charge in [0, 0.05) is 29.3 Å². The van der Waals surface area contributed by atoms with Gasteiger partial charge in [-0.05, 0) is 44.3 Å². The summed E-state index contributed by atoms with van der Waals surface area (Å²) in [6.07, 6.45) is 2.61. The maximum Gasteiger partial charge on any atom is 0.191 e. The van der Waals surface area contributed by atoms with Crippen molar-refractivity contribution >= 4 is 28.6 Å². The number of likely N-dealkylation sites (tertiary alicyclic amines) is 1. The number of guanidine groups is 1. The first-order valence-corrected chi connectivity index (χ1v) is 11.7. The molecule has 0 radical (unpaired) electrons. The van der Waals surface area contributed by atoms with Crippen LogP contribution in [0.3, 0.4) is 0 Å². The highest BCUT2D eigenvalue weighted by atomic mass is 32.1. The third-order valence-corrected chi connectivity index (χ3v) is 6.89. The van der Waals surface area contributed by atoms with Gasteiger partial charge in [0.2, 0.25) is 0 Å². The van der Waals surface area contributed by atoms with E-state index < -0.39 is 0 Å².